The van der Waals surface area contributed by atoms with Crippen LogP contribution in [0.4, 0.5) is 0 Å². The number of rotatable bonds is 10. The molecule has 0 aromatic heterocycles. The number of amides is 2. The van der Waals surface area contributed by atoms with Crippen LogP contribution in [-0.4, -0.2) is 36.0 Å². The third-order valence-corrected chi connectivity index (χ3v) is 4.77. The summed E-state index contributed by atoms with van der Waals surface area (Å²) in [7, 11) is 0. The number of Topliss-reactive ketones (excluding diaryl/α,β-unsaturated/α-hetero) is 2. The van der Waals surface area contributed by atoms with E-state index in [2.05, 4.69) is 10.6 Å². The van der Waals surface area contributed by atoms with Crippen LogP contribution >= 0.6 is 0 Å². The van der Waals surface area contributed by atoms with Gasteiger partial charge in [-0.1, -0.05) is 6.42 Å². The summed E-state index contributed by atoms with van der Waals surface area (Å²) in [6.45, 7) is 9.38. The Morgan fingerprint density at radius 3 is 2.07 bits per heavy atom. The molecule has 0 aliphatic heterocycles. The normalized spacial score (nSPS) is 14.9. The highest BCUT2D eigenvalue weighted by Gasteiger charge is 2.27. The van der Waals surface area contributed by atoms with Gasteiger partial charge >= 0.3 is 0 Å². The van der Waals surface area contributed by atoms with Crippen LogP contribution in [0.1, 0.15) is 73.1 Å². The highest BCUT2D eigenvalue weighted by molar-refractivity contribution is 6.24. The van der Waals surface area contributed by atoms with Crippen molar-refractivity contribution in [2.45, 2.75) is 79.2 Å². The molecule has 0 saturated heterocycles. The molecule has 0 saturated carbocycles. The molecule has 0 fully saturated rings. The molecule has 0 unspecified atom stereocenters. The lowest BCUT2D eigenvalue weighted by atomic mass is 9.84. The molecule has 0 aromatic carbocycles. The molecular weight excluding hydrogens is 344 g/mol. The molecule has 2 amide bonds. The average Bonchev–Trinajstić information content (AvgIpc) is 2.60. The van der Waals surface area contributed by atoms with Crippen molar-refractivity contribution in [3.63, 3.8) is 0 Å². The number of unbranched alkanes of at least 4 members (excludes halogenated alkanes) is 2. The number of hydrogen-bond donors (Lipinski definition) is 2. The number of allylic oxidation sites excluding steroid dienone is 4. The van der Waals surface area contributed by atoms with Crippen LogP contribution < -0.4 is 10.6 Å². The lowest BCUT2D eigenvalue weighted by Gasteiger charge is -2.18. The van der Waals surface area contributed by atoms with Crippen molar-refractivity contribution in [2.24, 2.45) is 0 Å². The second-order valence-electron chi connectivity index (χ2n) is 7.39. The Labute approximate surface area is 161 Å². The zero-order valence-corrected chi connectivity index (χ0v) is 17.2. The first-order chi connectivity index (χ1) is 12.6. The Balaban J connectivity index is 2.27. The third-order valence-electron chi connectivity index (χ3n) is 4.77. The second-order valence-corrected chi connectivity index (χ2v) is 7.39. The summed E-state index contributed by atoms with van der Waals surface area (Å²) in [6, 6.07) is 0.157. The summed E-state index contributed by atoms with van der Waals surface area (Å²) in [4.78, 5) is 47.9. The number of nitrogens with one attached hydrogen (secondary N) is 2. The Morgan fingerprint density at radius 2 is 1.44 bits per heavy atom. The zero-order chi connectivity index (χ0) is 20.6. The zero-order valence-electron chi connectivity index (χ0n) is 17.2. The minimum Gasteiger partial charge on any atom is -0.356 e. The summed E-state index contributed by atoms with van der Waals surface area (Å²) in [5.74, 6) is -0.304. The number of carbonyl (C=O) groups is 4. The van der Waals surface area contributed by atoms with E-state index in [0.717, 1.165) is 19.3 Å². The number of ketones is 2. The Morgan fingerprint density at radius 1 is 0.815 bits per heavy atom. The van der Waals surface area contributed by atoms with Gasteiger partial charge in [0.2, 0.25) is 11.8 Å². The Bertz CT molecular complexity index is 672. The molecule has 27 heavy (non-hydrogen) atoms. The molecule has 0 aromatic rings. The third kappa shape index (κ3) is 7.12. The average molecular weight is 376 g/mol. The molecule has 0 heterocycles. The van der Waals surface area contributed by atoms with Crippen molar-refractivity contribution in [3.05, 3.63) is 22.3 Å². The highest BCUT2D eigenvalue weighted by atomic mass is 16.2. The first-order valence-electron chi connectivity index (χ1n) is 9.67. The summed E-state index contributed by atoms with van der Waals surface area (Å²) < 4.78 is 0. The van der Waals surface area contributed by atoms with Crippen molar-refractivity contribution in [3.8, 4) is 0 Å². The summed E-state index contributed by atoms with van der Waals surface area (Å²) >= 11 is 0. The van der Waals surface area contributed by atoms with Gasteiger partial charge in [0.25, 0.3) is 0 Å². The fraction of sp³-hybridized carbons (Fsp3) is 0.619. The van der Waals surface area contributed by atoms with E-state index in [0.29, 0.717) is 35.3 Å². The second kappa shape index (κ2) is 10.8. The summed E-state index contributed by atoms with van der Waals surface area (Å²) in [5.41, 5.74) is 1.88. The van der Waals surface area contributed by atoms with Crippen LogP contribution in [-0.2, 0) is 19.2 Å². The van der Waals surface area contributed by atoms with Crippen LogP contribution in [0.2, 0.25) is 0 Å². The van der Waals surface area contributed by atoms with Gasteiger partial charge < -0.3 is 10.6 Å². The molecule has 1 aliphatic rings. The minimum absolute atomic E-state index is 0.0592. The number of hydrogen-bond acceptors (Lipinski definition) is 4. The van der Waals surface area contributed by atoms with Crippen molar-refractivity contribution >= 4 is 23.4 Å². The van der Waals surface area contributed by atoms with Crippen LogP contribution in [0.5, 0.6) is 0 Å². The maximum absolute atomic E-state index is 12.3. The van der Waals surface area contributed by atoms with Gasteiger partial charge in [-0.3, -0.25) is 19.2 Å². The van der Waals surface area contributed by atoms with E-state index in [1.807, 2.05) is 13.8 Å². The topological polar surface area (TPSA) is 92.3 Å². The standard InChI is InChI=1S/C21H32N2O4/c1-13(2)23-19(25)9-7-6-8-12-22-18(24)11-10-17-16(5)20(26)14(3)15(4)21(17)27/h13H,6-12H2,1-5H3,(H,22,24)(H,23,25). The molecule has 0 atom stereocenters. The van der Waals surface area contributed by atoms with Gasteiger partial charge in [0.15, 0.2) is 11.6 Å². The van der Waals surface area contributed by atoms with Gasteiger partial charge in [0.1, 0.15) is 0 Å². The van der Waals surface area contributed by atoms with Crippen molar-refractivity contribution < 1.29 is 19.2 Å². The smallest absolute Gasteiger partial charge is 0.220 e. The van der Waals surface area contributed by atoms with Gasteiger partial charge in [-0.15, -0.1) is 0 Å². The van der Waals surface area contributed by atoms with Gasteiger partial charge in [-0.05, 0) is 53.9 Å². The predicted octanol–water partition coefficient (Wildman–Crippen LogP) is 2.77. The molecule has 6 heteroatoms. The predicted molar refractivity (Wildman–Crippen MR) is 105 cm³/mol. The van der Waals surface area contributed by atoms with E-state index < -0.39 is 0 Å². The molecular formula is C21H32N2O4. The van der Waals surface area contributed by atoms with E-state index in [1.165, 1.54) is 0 Å². The van der Waals surface area contributed by atoms with Crippen LogP contribution in [0.3, 0.4) is 0 Å². The van der Waals surface area contributed by atoms with E-state index in [9.17, 15) is 19.2 Å². The Hall–Kier alpha value is -2.24. The van der Waals surface area contributed by atoms with Crippen molar-refractivity contribution in [1.82, 2.24) is 10.6 Å². The summed E-state index contributed by atoms with van der Waals surface area (Å²) in [5, 5.41) is 5.68. The fourth-order valence-electron chi connectivity index (χ4n) is 2.99. The van der Waals surface area contributed by atoms with Crippen LogP contribution in [0.25, 0.3) is 0 Å². The number of carbonyl (C=O) groups excluding carboxylic acids is 4. The van der Waals surface area contributed by atoms with Gasteiger partial charge in [-0.25, -0.2) is 0 Å². The van der Waals surface area contributed by atoms with E-state index in [-0.39, 0.29) is 42.3 Å². The van der Waals surface area contributed by atoms with Crippen molar-refractivity contribution in [2.75, 3.05) is 6.54 Å². The van der Waals surface area contributed by atoms with E-state index >= 15 is 0 Å². The Kier molecular flexibility index (Phi) is 9.12. The maximum Gasteiger partial charge on any atom is 0.220 e. The molecule has 0 radical (unpaired) electrons. The van der Waals surface area contributed by atoms with Crippen LogP contribution in [0.15, 0.2) is 22.3 Å². The first kappa shape index (κ1) is 22.8. The highest BCUT2D eigenvalue weighted by Crippen LogP contribution is 2.26. The fourth-order valence-corrected chi connectivity index (χ4v) is 2.99. The monoisotopic (exact) mass is 376 g/mol. The molecule has 0 bridgehead atoms. The minimum atomic E-state index is -0.128. The molecule has 0 spiro atoms. The lowest BCUT2D eigenvalue weighted by molar-refractivity contribution is -0.122. The molecule has 2 N–H and O–H groups in total. The van der Waals surface area contributed by atoms with E-state index in [1.54, 1.807) is 20.8 Å². The van der Waals surface area contributed by atoms with Gasteiger partial charge in [-0.2, -0.15) is 0 Å². The first-order valence-corrected chi connectivity index (χ1v) is 9.67. The lowest BCUT2D eigenvalue weighted by Crippen LogP contribution is -2.29. The van der Waals surface area contributed by atoms with Gasteiger partial charge in [0, 0.05) is 47.7 Å². The van der Waals surface area contributed by atoms with Crippen molar-refractivity contribution in [1.29, 1.82) is 0 Å². The molecule has 150 valence electrons. The van der Waals surface area contributed by atoms with Crippen LogP contribution in [0, 0.1) is 0 Å². The molecule has 1 aliphatic carbocycles. The SMILES string of the molecule is CC1=C(C)C(=O)C(CCC(=O)NCCCCCC(=O)NC(C)C)=C(C)C1=O. The molecule has 1 rings (SSSR count). The maximum atomic E-state index is 12.3. The summed E-state index contributed by atoms with van der Waals surface area (Å²) in [6.07, 6.45) is 3.44. The molecule has 6 nitrogen and oxygen atoms in total. The van der Waals surface area contributed by atoms with E-state index in [4.69, 9.17) is 0 Å². The largest absolute Gasteiger partial charge is 0.356 e. The quantitative estimate of drug-likeness (QED) is 0.453. The van der Waals surface area contributed by atoms with Gasteiger partial charge in [0.05, 0.1) is 0 Å².